The molecule has 30 heavy (non-hydrogen) atoms. The normalized spacial score (nSPS) is 18.8. The monoisotopic (exact) mass is 411 g/mol. The molecule has 3 unspecified atom stereocenters. The molecule has 7 nitrogen and oxygen atoms in total. The zero-order valence-electron chi connectivity index (χ0n) is 17.2. The largest absolute Gasteiger partial charge is 0.493 e. The molecule has 0 radical (unpaired) electrons. The number of hydrogen-bond donors (Lipinski definition) is 3. The predicted octanol–water partition coefficient (Wildman–Crippen LogP) is 2.71. The second kappa shape index (κ2) is 9.36. The van der Waals surface area contributed by atoms with E-state index in [1.54, 1.807) is 7.11 Å². The number of aromatic amines is 1. The summed E-state index contributed by atoms with van der Waals surface area (Å²) in [5.74, 6) is 1.49. The molecule has 1 aliphatic rings. The number of methoxy groups -OCH3 is 1. The van der Waals surface area contributed by atoms with Crippen LogP contribution in [-0.2, 0) is 0 Å². The van der Waals surface area contributed by atoms with Crippen LogP contribution in [0.1, 0.15) is 25.3 Å². The number of nitrogens with zero attached hydrogens (tertiary/aromatic N) is 1. The Kier molecular flexibility index (Phi) is 6.40. The summed E-state index contributed by atoms with van der Waals surface area (Å²) in [5.41, 5.74) is 1.55. The second-order valence-corrected chi connectivity index (χ2v) is 7.84. The average molecular weight is 412 g/mol. The second-order valence-electron chi connectivity index (χ2n) is 7.84. The van der Waals surface area contributed by atoms with Crippen molar-refractivity contribution in [3.63, 3.8) is 0 Å². The third-order valence-electron chi connectivity index (χ3n) is 5.85. The van der Waals surface area contributed by atoms with Crippen molar-refractivity contribution in [2.24, 2.45) is 5.92 Å². The highest BCUT2D eigenvalue weighted by Crippen LogP contribution is 2.31. The van der Waals surface area contributed by atoms with Crippen LogP contribution in [-0.4, -0.2) is 47.6 Å². The molecule has 3 N–H and O–H groups in total. The lowest BCUT2D eigenvalue weighted by atomic mass is 9.88. The Morgan fingerprint density at radius 3 is 2.70 bits per heavy atom. The Balaban J connectivity index is 1.55. The van der Waals surface area contributed by atoms with Gasteiger partial charge in [-0.3, -0.25) is 4.57 Å². The molecule has 0 bridgehead atoms. The Hall–Kier alpha value is -2.77. The molecule has 4 rings (SSSR count). The van der Waals surface area contributed by atoms with Crippen LogP contribution in [0, 0.1) is 5.92 Å². The number of hydrogen-bond acceptors (Lipinski definition) is 5. The minimum absolute atomic E-state index is 0.127. The third-order valence-corrected chi connectivity index (χ3v) is 5.85. The van der Waals surface area contributed by atoms with Gasteiger partial charge in [-0.1, -0.05) is 24.3 Å². The molecule has 3 aromatic rings. The SMILES string of the molecule is COc1ccccc1OCC(O)CC(C1CCCNC1)n1c(=O)[nH]c2ccccc21. The van der Waals surface area contributed by atoms with Gasteiger partial charge in [0, 0.05) is 6.04 Å². The summed E-state index contributed by atoms with van der Waals surface area (Å²) in [7, 11) is 1.59. The zero-order valence-corrected chi connectivity index (χ0v) is 17.2. The van der Waals surface area contributed by atoms with E-state index in [1.807, 2.05) is 53.1 Å². The molecule has 0 spiro atoms. The first-order valence-electron chi connectivity index (χ1n) is 10.5. The van der Waals surface area contributed by atoms with Crippen LogP contribution in [0.4, 0.5) is 0 Å². The highest BCUT2D eigenvalue weighted by Gasteiger charge is 2.30. The maximum absolute atomic E-state index is 12.8. The van der Waals surface area contributed by atoms with Crippen LogP contribution in [0.15, 0.2) is 53.3 Å². The molecular weight excluding hydrogens is 382 g/mol. The van der Waals surface area contributed by atoms with Crippen molar-refractivity contribution < 1.29 is 14.6 Å². The first kappa shape index (κ1) is 20.5. The van der Waals surface area contributed by atoms with Gasteiger partial charge in [-0.05, 0) is 62.5 Å². The van der Waals surface area contributed by atoms with Gasteiger partial charge in [0.2, 0.25) is 0 Å². The minimum Gasteiger partial charge on any atom is -0.493 e. The molecule has 1 aromatic heterocycles. The summed E-state index contributed by atoms with van der Waals surface area (Å²) in [5, 5.41) is 14.3. The Bertz CT molecular complexity index is 1020. The molecule has 7 heteroatoms. The number of para-hydroxylation sites is 4. The summed E-state index contributed by atoms with van der Waals surface area (Å²) < 4.78 is 13.0. The quantitative estimate of drug-likeness (QED) is 0.530. The van der Waals surface area contributed by atoms with Crippen LogP contribution in [0.5, 0.6) is 11.5 Å². The number of aliphatic hydroxyl groups is 1. The van der Waals surface area contributed by atoms with Crippen molar-refractivity contribution in [3.8, 4) is 11.5 Å². The van der Waals surface area contributed by atoms with Crippen LogP contribution in [0.25, 0.3) is 11.0 Å². The van der Waals surface area contributed by atoms with E-state index >= 15 is 0 Å². The number of aliphatic hydroxyl groups excluding tert-OH is 1. The molecule has 0 amide bonds. The van der Waals surface area contributed by atoms with Gasteiger partial charge < -0.3 is 24.9 Å². The van der Waals surface area contributed by atoms with Crippen molar-refractivity contribution in [1.29, 1.82) is 0 Å². The number of ether oxygens (including phenoxy) is 2. The summed E-state index contributed by atoms with van der Waals surface area (Å²) >= 11 is 0. The number of imidazole rings is 1. The van der Waals surface area contributed by atoms with Crippen molar-refractivity contribution in [1.82, 2.24) is 14.9 Å². The van der Waals surface area contributed by atoms with Gasteiger partial charge in [-0.2, -0.15) is 0 Å². The Labute approximate surface area is 175 Å². The van der Waals surface area contributed by atoms with Crippen molar-refractivity contribution in [2.45, 2.75) is 31.4 Å². The van der Waals surface area contributed by atoms with Crippen LogP contribution in [0.3, 0.4) is 0 Å². The lowest BCUT2D eigenvalue weighted by molar-refractivity contribution is 0.0718. The van der Waals surface area contributed by atoms with Crippen molar-refractivity contribution in [2.75, 3.05) is 26.8 Å². The van der Waals surface area contributed by atoms with Gasteiger partial charge in [-0.15, -0.1) is 0 Å². The number of nitrogens with one attached hydrogen (secondary N) is 2. The molecular formula is C23H29N3O4. The third kappa shape index (κ3) is 4.37. The molecule has 0 saturated carbocycles. The molecule has 1 aliphatic heterocycles. The van der Waals surface area contributed by atoms with Gasteiger partial charge in [-0.25, -0.2) is 4.79 Å². The molecule has 3 atom stereocenters. The van der Waals surface area contributed by atoms with Gasteiger partial charge in [0.15, 0.2) is 11.5 Å². The van der Waals surface area contributed by atoms with Gasteiger partial charge in [0.1, 0.15) is 6.61 Å². The predicted molar refractivity (Wildman–Crippen MR) is 116 cm³/mol. The van der Waals surface area contributed by atoms with E-state index in [0.717, 1.165) is 37.0 Å². The maximum atomic E-state index is 12.8. The van der Waals surface area contributed by atoms with Gasteiger partial charge in [0.25, 0.3) is 0 Å². The fourth-order valence-electron chi connectivity index (χ4n) is 4.39. The highest BCUT2D eigenvalue weighted by atomic mass is 16.5. The van der Waals surface area contributed by atoms with E-state index in [9.17, 15) is 9.90 Å². The molecule has 2 heterocycles. The van der Waals surface area contributed by atoms with Crippen LogP contribution in [0.2, 0.25) is 0 Å². The molecule has 1 fully saturated rings. The zero-order chi connectivity index (χ0) is 20.9. The smallest absolute Gasteiger partial charge is 0.326 e. The first-order chi connectivity index (χ1) is 14.7. The van der Waals surface area contributed by atoms with Gasteiger partial charge in [0.05, 0.1) is 24.2 Å². The van der Waals surface area contributed by atoms with Crippen LogP contribution < -0.4 is 20.5 Å². The van der Waals surface area contributed by atoms with Gasteiger partial charge >= 0.3 is 5.69 Å². The molecule has 0 aliphatic carbocycles. The Morgan fingerprint density at radius 2 is 1.93 bits per heavy atom. The van der Waals surface area contributed by atoms with Crippen LogP contribution >= 0.6 is 0 Å². The summed E-state index contributed by atoms with van der Waals surface area (Å²) in [4.78, 5) is 15.8. The first-order valence-corrected chi connectivity index (χ1v) is 10.5. The number of rotatable bonds is 8. The van der Waals surface area contributed by atoms with E-state index < -0.39 is 6.10 Å². The number of H-pyrrole nitrogens is 1. The number of aromatic nitrogens is 2. The van der Waals surface area contributed by atoms with E-state index in [1.165, 1.54) is 0 Å². The van der Waals surface area contributed by atoms with E-state index in [4.69, 9.17) is 9.47 Å². The van der Waals surface area contributed by atoms with E-state index in [-0.39, 0.29) is 24.3 Å². The summed E-state index contributed by atoms with van der Waals surface area (Å²) in [6.07, 6.45) is 1.79. The van der Waals surface area contributed by atoms with E-state index in [2.05, 4.69) is 10.3 Å². The average Bonchev–Trinajstić information content (AvgIpc) is 3.12. The summed E-state index contributed by atoms with van der Waals surface area (Å²) in [6.45, 7) is 1.95. The number of piperidine rings is 1. The summed E-state index contributed by atoms with van der Waals surface area (Å²) in [6, 6.07) is 15.0. The molecule has 160 valence electrons. The van der Waals surface area contributed by atoms with Crippen molar-refractivity contribution in [3.05, 3.63) is 59.0 Å². The highest BCUT2D eigenvalue weighted by molar-refractivity contribution is 5.75. The fraction of sp³-hybridized carbons (Fsp3) is 0.435. The minimum atomic E-state index is -0.720. The topological polar surface area (TPSA) is 88.5 Å². The Morgan fingerprint density at radius 1 is 1.17 bits per heavy atom. The number of benzene rings is 2. The maximum Gasteiger partial charge on any atom is 0.326 e. The van der Waals surface area contributed by atoms with E-state index in [0.29, 0.717) is 17.9 Å². The fourth-order valence-corrected chi connectivity index (χ4v) is 4.39. The van der Waals surface area contributed by atoms with Crippen molar-refractivity contribution >= 4 is 11.0 Å². The molecule has 2 aromatic carbocycles. The molecule has 1 saturated heterocycles. The standard InChI is InChI=1S/C23H29N3O4/c1-29-21-10-4-5-11-22(21)30-15-17(27)13-20(16-7-6-12-24-14-16)26-19-9-3-2-8-18(19)25-23(26)28/h2-5,8-11,16-17,20,24,27H,6-7,12-15H2,1H3,(H,25,28). The lowest BCUT2D eigenvalue weighted by Gasteiger charge is -2.33. The lowest BCUT2D eigenvalue weighted by Crippen LogP contribution is -2.39. The number of fused-ring (bicyclic) bond motifs is 1.